The van der Waals surface area contributed by atoms with Crippen molar-refractivity contribution in [3.8, 4) is 0 Å². The van der Waals surface area contributed by atoms with Crippen LogP contribution in [0, 0.1) is 31.6 Å². The Kier molecular flexibility index (Phi) is 4.81. The molecule has 6 nitrogen and oxygen atoms in total. The summed E-state index contributed by atoms with van der Waals surface area (Å²) >= 11 is 3.00. The minimum absolute atomic E-state index is 0.0869. The van der Waals surface area contributed by atoms with Gasteiger partial charge in [-0.2, -0.15) is 0 Å². The number of amides is 3. The summed E-state index contributed by atoms with van der Waals surface area (Å²) in [5, 5.41) is 7.55. The fraction of sp³-hybridized carbons (Fsp3) is 0.619. The summed E-state index contributed by atoms with van der Waals surface area (Å²) in [7, 11) is 0. The Bertz CT molecular complexity index is 951. The predicted octanol–water partition coefficient (Wildman–Crippen LogP) is 4.19. The molecular formula is C21H26N4O2S2. The summed E-state index contributed by atoms with van der Waals surface area (Å²) in [5.74, 6) is 2.14. The lowest BCUT2D eigenvalue weighted by molar-refractivity contribution is -0.117. The number of nitrogens with zero attached hydrogens (tertiary/aromatic N) is 2. The molecule has 0 aliphatic heterocycles. The quantitative estimate of drug-likeness (QED) is 0.561. The molecule has 0 unspecified atom stereocenters. The standard InChI is InChI=1S/C21H26N4O2S2/c1-11-12(2)29-19-17(11)18(22-10-23-19)28-9-16(26)24-20(27)25-21-6-13-3-14(7-21)5-15(4-13)8-21/h10,13-15H,3-9H2,1-2H3,(H2,24,25,26,27). The van der Waals surface area contributed by atoms with E-state index < -0.39 is 0 Å². The second-order valence-electron chi connectivity index (χ2n) is 9.13. The SMILES string of the molecule is Cc1sc2ncnc(SCC(=O)NC(=O)NC34CC5CC(CC(C5)C3)C4)c2c1C. The zero-order valence-electron chi connectivity index (χ0n) is 16.8. The molecule has 4 bridgehead atoms. The van der Waals surface area contributed by atoms with Crippen LogP contribution in [-0.2, 0) is 4.79 Å². The maximum absolute atomic E-state index is 12.5. The van der Waals surface area contributed by atoms with Gasteiger partial charge in [0.2, 0.25) is 5.91 Å². The summed E-state index contributed by atoms with van der Waals surface area (Å²) in [5.41, 5.74) is 1.07. The van der Waals surface area contributed by atoms with Crippen molar-refractivity contribution in [1.82, 2.24) is 20.6 Å². The molecule has 8 heteroatoms. The van der Waals surface area contributed by atoms with Crippen molar-refractivity contribution in [3.05, 3.63) is 16.8 Å². The first-order valence-corrected chi connectivity index (χ1v) is 12.2. The second kappa shape index (κ2) is 7.23. The van der Waals surface area contributed by atoms with Crippen LogP contribution < -0.4 is 10.6 Å². The number of fused-ring (bicyclic) bond motifs is 1. The monoisotopic (exact) mass is 430 g/mol. The molecule has 0 saturated heterocycles. The zero-order valence-corrected chi connectivity index (χ0v) is 18.4. The Balaban J connectivity index is 1.19. The summed E-state index contributed by atoms with van der Waals surface area (Å²) < 4.78 is 0. The molecule has 0 radical (unpaired) electrons. The molecule has 0 atom stereocenters. The van der Waals surface area contributed by atoms with Crippen molar-refractivity contribution < 1.29 is 9.59 Å². The summed E-state index contributed by atoms with van der Waals surface area (Å²) in [4.78, 5) is 35.8. The molecule has 3 amide bonds. The van der Waals surface area contributed by atoms with Crippen molar-refractivity contribution in [1.29, 1.82) is 0 Å². The molecule has 4 saturated carbocycles. The van der Waals surface area contributed by atoms with Gasteiger partial charge < -0.3 is 5.32 Å². The van der Waals surface area contributed by atoms with Crippen LogP contribution in [0.1, 0.15) is 49.0 Å². The number of aryl methyl sites for hydroxylation is 2. The largest absolute Gasteiger partial charge is 0.332 e. The van der Waals surface area contributed by atoms with Gasteiger partial charge in [0, 0.05) is 15.8 Å². The average Bonchev–Trinajstić information content (AvgIpc) is 2.93. The van der Waals surface area contributed by atoms with E-state index in [9.17, 15) is 9.59 Å². The van der Waals surface area contributed by atoms with Gasteiger partial charge in [0.25, 0.3) is 0 Å². The molecular weight excluding hydrogens is 404 g/mol. The van der Waals surface area contributed by atoms with Crippen LogP contribution in [0.15, 0.2) is 11.4 Å². The predicted molar refractivity (Wildman–Crippen MR) is 115 cm³/mol. The topological polar surface area (TPSA) is 84.0 Å². The smallest absolute Gasteiger partial charge is 0.321 e. The molecule has 2 N–H and O–H groups in total. The van der Waals surface area contributed by atoms with Crippen molar-refractivity contribution in [2.75, 3.05) is 5.75 Å². The lowest BCUT2D eigenvalue weighted by Gasteiger charge is -2.56. The number of rotatable bonds is 4. The number of nitrogens with one attached hydrogen (secondary N) is 2. The van der Waals surface area contributed by atoms with Crippen molar-refractivity contribution >= 4 is 45.3 Å². The summed E-state index contributed by atoms with van der Waals surface area (Å²) in [6, 6.07) is -0.340. The number of thioether (sulfide) groups is 1. The Morgan fingerprint density at radius 3 is 2.45 bits per heavy atom. The van der Waals surface area contributed by atoms with Crippen LogP contribution in [0.3, 0.4) is 0 Å². The Morgan fingerprint density at radius 1 is 1.14 bits per heavy atom. The second-order valence-corrected chi connectivity index (χ2v) is 11.3. The zero-order chi connectivity index (χ0) is 20.2. The first-order chi connectivity index (χ1) is 13.9. The van der Waals surface area contributed by atoms with E-state index in [-0.39, 0.29) is 23.2 Å². The molecule has 2 heterocycles. The van der Waals surface area contributed by atoms with Gasteiger partial charge in [0.1, 0.15) is 16.2 Å². The lowest BCUT2D eigenvalue weighted by Crippen LogP contribution is -2.61. The molecule has 4 aliphatic rings. The van der Waals surface area contributed by atoms with E-state index in [1.165, 1.54) is 42.2 Å². The van der Waals surface area contributed by atoms with E-state index in [4.69, 9.17) is 0 Å². The first kappa shape index (κ1) is 19.3. The van der Waals surface area contributed by atoms with E-state index in [1.54, 1.807) is 11.3 Å². The third kappa shape index (κ3) is 3.65. The minimum Gasteiger partial charge on any atom is -0.332 e. The van der Waals surface area contributed by atoms with Gasteiger partial charge in [-0.15, -0.1) is 11.3 Å². The Labute approximate surface area is 178 Å². The molecule has 2 aromatic rings. The van der Waals surface area contributed by atoms with Gasteiger partial charge in [-0.1, -0.05) is 11.8 Å². The Morgan fingerprint density at radius 2 is 1.79 bits per heavy atom. The van der Waals surface area contributed by atoms with Crippen molar-refractivity contribution in [2.45, 2.75) is 62.9 Å². The molecule has 29 heavy (non-hydrogen) atoms. The number of aromatic nitrogens is 2. The van der Waals surface area contributed by atoms with E-state index in [2.05, 4.69) is 34.4 Å². The molecule has 2 aromatic heterocycles. The fourth-order valence-electron chi connectivity index (χ4n) is 6.09. The van der Waals surface area contributed by atoms with Gasteiger partial charge >= 0.3 is 6.03 Å². The molecule has 0 aromatic carbocycles. The number of thiophene rings is 1. The highest BCUT2D eigenvalue weighted by molar-refractivity contribution is 8.00. The number of hydrogen-bond donors (Lipinski definition) is 2. The van der Waals surface area contributed by atoms with Crippen LogP contribution in [0.2, 0.25) is 0 Å². The molecule has 0 spiro atoms. The highest BCUT2D eigenvalue weighted by Gasteiger charge is 2.51. The van der Waals surface area contributed by atoms with Crippen molar-refractivity contribution in [2.24, 2.45) is 17.8 Å². The third-order valence-electron chi connectivity index (χ3n) is 6.94. The summed E-state index contributed by atoms with van der Waals surface area (Å²) in [6.07, 6.45) is 8.74. The first-order valence-electron chi connectivity index (χ1n) is 10.4. The highest BCUT2D eigenvalue weighted by atomic mass is 32.2. The normalized spacial score (nSPS) is 29.9. The van der Waals surface area contributed by atoms with Gasteiger partial charge in [0.15, 0.2) is 0 Å². The lowest BCUT2D eigenvalue weighted by atomic mass is 9.53. The van der Waals surface area contributed by atoms with Gasteiger partial charge in [-0.05, 0) is 75.7 Å². The van der Waals surface area contributed by atoms with E-state index in [0.717, 1.165) is 57.8 Å². The molecule has 4 aliphatic carbocycles. The van der Waals surface area contributed by atoms with Crippen LogP contribution in [-0.4, -0.2) is 33.2 Å². The summed E-state index contributed by atoms with van der Waals surface area (Å²) in [6.45, 7) is 4.12. The van der Waals surface area contributed by atoms with Gasteiger partial charge in [-0.25, -0.2) is 14.8 Å². The van der Waals surface area contributed by atoms with Crippen LogP contribution >= 0.6 is 23.1 Å². The maximum atomic E-state index is 12.5. The van der Waals surface area contributed by atoms with Crippen LogP contribution in [0.25, 0.3) is 10.2 Å². The molecule has 4 fully saturated rings. The number of urea groups is 1. The van der Waals surface area contributed by atoms with Gasteiger partial charge in [-0.3, -0.25) is 10.1 Å². The molecule has 6 rings (SSSR count). The van der Waals surface area contributed by atoms with Crippen molar-refractivity contribution in [3.63, 3.8) is 0 Å². The van der Waals surface area contributed by atoms with E-state index in [1.807, 2.05) is 0 Å². The molecule has 154 valence electrons. The number of carbonyl (C=O) groups excluding carboxylic acids is 2. The maximum Gasteiger partial charge on any atom is 0.321 e. The van der Waals surface area contributed by atoms with Gasteiger partial charge in [0.05, 0.1) is 5.75 Å². The average molecular weight is 431 g/mol. The van der Waals surface area contributed by atoms with E-state index in [0.29, 0.717) is 0 Å². The highest BCUT2D eigenvalue weighted by Crippen LogP contribution is 2.55. The fourth-order valence-corrected chi connectivity index (χ4v) is 8.01. The Hall–Kier alpha value is -1.67. The third-order valence-corrected chi connectivity index (χ3v) is 9.05. The number of carbonyl (C=O) groups is 2. The van der Waals surface area contributed by atoms with Crippen LogP contribution in [0.5, 0.6) is 0 Å². The number of imide groups is 1. The number of hydrogen-bond acceptors (Lipinski definition) is 6. The van der Waals surface area contributed by atoms with Crippen LogP contribution in [0.4, 0.5) is 4.79 Å². The van der Waals surface area contributed by atoms with E-state index >= 15 is 0 Å². The minimum atomic E-state index is -0.340.